The lowest BCUT2D eigenvalue weighted by Crippen LogP contribution is -1.86. The first-order valence-electron chi connectivity index (χ1n) is 3.40. The van der Waals surface area contributed by atoms with E-state index in [1.54, 1.807) is 0 Å². The van der Waals surface area contributed by atoms with E-state index in [9.17, 15) is 5.21 Å². The molecule has 0 amide bonds. The fourth-order valence-corrected chi connectivity index (χ4v) is 3.45. The molecule has 0 N–H and O–H groups in total. The Labute approximate surface area is 113 Å². The van der Waals surface area contributed by atoms with Gasteiger partial charge in [-0.1, -0.05) is 0 Å². The molecule has 2 rings (SSSR count). The van der Waals surface area contributed by atoms with Crippen LogP contribution < -0.4 is 0 Å². The first-order valence-corrected chi connectivity index (χ1v) is 6.57. The highest BCUT2D eigenvalue weighted by Crippen LogP contribution is 2.42. The Kier molecular flexibility index (Phi) is 2.94. The van der Waals surface area contributed by atoms with Gasteiger partial charge in [0, 0.05) is 8.95 Å². The van der Waals surface area contributed by atoms with E-state index in [4.69, 9.17) is 0 Å². The molecular formula is C7HBr4N2O-. The van der Waals surface area contributed by atoms with Crippen LogP contribution in [0.1, 0.15) is 0 Å². The molecular weight excluding hydrogens is 448 g/mol. The van der Waals surface area contributed by atoms with E-state index in [1.807, 2.05) is 0 Å². The van der Waals surface area contributed by atoms with E-state index in [0.29, 0.717) is 15.5 Å². The predicted octanol–water partition coefficient (Wildman–Crippen LogP) is 4.43. The van der Waals surface area contributed by atoms with Crippen molar-refractivity contribution in [2.75, 3.05) is 0 Å². The SMILES string of the molecule is [O-]n1cnc2c(Br)c(Br)c(Br)c(Br)c21. The summed E-state index contributed by atoms with van der Waals surface area (Å²) in [4.78, 5) is 4.00. The largest absolute Gasteiger partial charge is 0.804 e. The summed E-state index contributed by atoms with van der Waals surface area (Å²) in [6.45, 7) is 0. The van der Waals surface area contributed by atoms with Crippen molar-refractivity contribution in [2.45, 2.75) is 0 Å². The van der Waals surface area contributed by atoms with Crippen LogP contribution in [0.4, 0.5) is 0 Å². The van der Waals surface area contributed by atoms with E-state index in [1.165, 1.54) is 6.33 Å². The van der Waals surface area contributed by atoms with Crippen LogP contribution in [0, 0.1) is 5.21 Å². The Morgan fingerprint density at radius 2 is 1.57 bits per heavy atom. The number of benzene rings is 1. The number of nitrogens with zero attached hydrogens (tertiary/aromatic N) is 2. The average Bonchev–Trinajstić information content (AvgIpc) is 2.54. The number of hydrogen-bond donors (Lipinski definition) is 0. The minimum Gasteiger partial charge on any atom is -0.804 e. The van der Waals surface area contributed by atoms with Gasteiger partial charge in [0.05, 0.1) is 20.8 Å². The van der Waals surface area contributed by atoms with Gasteiger partial charge in [0.1, 0.15) is 5.52 Å². The van der Waals surface area contributed by atoms with E-state index in [2.05, 4.69) is 68.7 Å². The second-order valence-corrected chi connectivity index (χ2v) is 5.70. The summed E-state index contributed by atoms with van der Waals surface area (Å²) >= 11 is 13.5. The van der Waals surface area contributed by atoms with Crippen LogP contribution in [0.15, 0.2) is 24.2 Å². The van der Waals surface area contributed by atoms with E-state index < -0.39 is 0 Å². The maximum Gasteiger partial charge on any atom is 0.105 e. The summed E-state index contributed by atoms with van der Waals surface area (Å²) in [5.74, 6) is 0. The fraction of sp³-hybridized carbons (Fsp3) is 0. The van der Waals surface area contributed by atoms with Crippen LogP contribution in [-0.2, 0) is 0 Å². The zero-order valence-electron chi connectivity index (χ0n) is 6.39. The molecule has 1 aromatic carbocycles. The molecule has 0 aliphatic carbocycles. The summed E-state index contributed by atoms with van der Waals surface area (Å²) in [5.41, 5.74) is 1.13. The van der Waals surface area contributed by atoms with Crippen molar-refractivity contribution in [1.82, 2.24) is 9.71 Å². The van der Waals surface area contributed by atoms with Gasteiger partial charge in [0.15, 0.2) is 0 Å². The third-order valence-corrected chi connectivity index (χ3v) is 6.46. The van der Waals surface area contributed by atoms with Crippen molar-refractivity contribution in [3.63, 3.8) is 0 Å². The lowest BCUT2D eigenvalue weighted by atomic mass is 10.3. The molecule has 0 spiro atoms. The minimum atomic E-state index is 0.506. The topological polar surface area (TPSA) is 40.9 Å². The Morgan fingerprint density at radius 3 is 2.21 bits per heavy atom. The van der Waals surface area contributed by atoms with Crippen LogP contribution in [0.2, 0.25) is 0 Å². The molecule has 0 radical (unpaired) electrons. The molecule has 0 bridgehead atoms. The Hall–Kier alpha value is 0.410. The predicted molar refractivity (Wildman–Crippen MR) is 69.3 cm³/mol. The van der Waals surface area contributed by atoms with Crippen molar-refractivity contribution in [3.8, 4) is 0 Å². The summed E-state index contributed by atoms with van der Waals surface area (Å²) in [5, 5.41) is 11.4. The zero-order chi connectivity index (χ0) is 10.5. The number of hydrogen-bond acceptors (Lipinski definition) is 2. The standard InChI is InChI=1S/C7HBr4N2O/c8-2-3(9)5(11)7-6(4(2)10)12-1-13(7)14/h1H/q-1. The maximum absolute atomic E-state index is 11.4. The Bertz CT molecular complexity index is 522. The molecule has 0 unspecified atom stereocenters. The second kappa shape index (κ2) is 3.77. The molecule has 0 aliphatic rings. The molecule has 0 atom stereocenters. The molecule has 1 aromatic heterocycles. The summed E-state index contributed by atoms with van der Waals surface area (Å²) in [6, 6.07) is 0. The van der Waals surface area contributed by atoms with Gasteiger partial charge in [-0.2, -0.15) is 0 Å². The fourth-order valence-electron chi connectivity index (χ4n) is 1.10. The van der Waals surface area contributed by atoms with Crippen molar-refractivity contribution >= 4 is 74.8 Å². The highest BCUT2D eigenvalue weighted by Gasteiger charge is 2.15. The van der Waals surface area contributed by atoms with Crippen LogP contribution in [0.3, 0.4) is 0 Å². The Morgan fingerprint density at radius 1 is 1.00 bits per heavy atom. The van der Waals surface area contributed by atoms with Gasteiger partial charge in [-0.05, 0) is 63.7 Å². The summed E-state index contributed by atoms with van der Waals surface area (Å²) < 4.78 is 3.79. The molecule has 0 saturated carbocycles. The highest BCUT2D eigenvalue weighted by molar-refractivity contribution is 9.15. The molecule has 0 saturated heterocycles. The van der Waals surface area contributed by atoms with Crippen molar-refractivity contribution in [3.05, 3.63) is 29.4 Å². The van der Waals surface area contributed by atoms with Crippen LogP contribution in [0.5, 0.6) is 0 Å². The van der Waals surface area contributed by atoms with Crippen molar-refractivity contribution < 1.29 is 0 Å². The number of halogens is 4. The van der Waals surface area contributed by atoms with Gasteiger partial charge in [0.25, 0.3) is 0 Å². The smallest absolute Gasteiger partial charge is 0.105 e. The Balaban J connectivity index is 3.05. The number of aromatic nitrogens is 2. The molecule has 0 fully saturated rings. The number of imidazole rings is 1. The first-order chi connectivity index (χ1) is 6.54. The third-order valence-electron chi connectivity index (χ3n) is 1.73. The lowest BCUT2D eigenvalue weighted by molar-refractivity contribution is 1.11. The normalized spacial score (nSPS) is 11.1. The first kappa shape index (κ1) is 10.9. The van der Waals surface area contributed by atoms with E-state index >= 15 is 0 Å². The van der Waals surface area contributed by atoms with Gasteiger partial charge < -0.3 is 9.94 Å². The third kappa shape index (κ3) is 1.45. The van der Waals surface area contributed by atoms with Crippen LogP contribution in [-0.4, -0.2) is 9.71 Å². The second-order valence-electron chi connectivity index (χ2n) is 2.52. The molecule has 0 aliphatic heterocycles. The summed E-state index contributed by atoms with van der Waals surface area (Å²) in [7, 11) is 0. The van der Waals surface area contributed by atoms with Gasteiger partial charge in [-0.15, -0.1) is 0 Å². The monoisotopic (exact) mass is 445 g/mol. The highest BCUT2D eigenvalue weighted by atomic mass is 79.9. The zero-order valence-corrected chi connectivity index (χ0v) is 12.7. The summed E-state index contributed by atoms with van der Waals surface area (Å²) in [6.07, 6.45) is 1.24. The van der Waals surface area contributed by atoms with E-state index in [-0.39, 0.29) is 0 Å². The number of fused-ring (bicyclic) bond motifs is 1. The maximum atomic E-state index is 11.4. The van der Waals surface area contributed by atoms with Gasteiger partial charge >= 0.3 is 0 Å². The molecule has 7 heteroatoms. The quantitative estimate of drug-likeness (QED) is 0.442. The minimum absolute atomic E-state index is 0.506. The van der Waals surface area contributed by atoms with Crippen molar-refractivity contribution in [2.24, 2.45) is 0 Å². The lowest BCUT2D eigenvalue weighted by Gasteiger charge is -2.10. The van der Waals surface area contributed by atoms with Gasteiger partial charge in [-0.25, -0.2) is 4.98 Å². The molecule has 3 nitrogen and oxygen atoms in total. The average molecular weight is 449 g/mol. The molecule has 14 heavy (non-hydrogen) atoms. The van der Waals surface area contributed by atoms with Crippen LogP contribution in [0.25, 0.3) is 11.0 Å². The van der Waals surface area contributed by atoms with Gasteiger partial charge in [0.2, 0.25) is 0 Å². The van der Waals surface area contributed by atoms with Crippen molar-refractivity contribution in [1.29, 1.82) is 0 Å². The van der Waals surface area contributed by atoms with Gasteiger partial charge in [-0.3, -0.25) is 0 Å². The molecule has 2 aromatic rings. The van der Waals surface area contributed by atoms with E-state index in [0.717, 1.165) is 18.1 Å². The molecule has 1 heterocycles. The number of rotatable bonds is 0. The van der Waals surface area contributed by atoms with Crippen LogP contribution >= 0.6 is 63.7 Å². The molecule has 74 valence electrons.